The summed E-state index contributed by atoms with van der Waals surface area (Å²) >= 11 is 1.80. The van der Waals surface area contributed by atoms with Crippen LogP contribution in [0, 0.1) is 27.7 Å². The first kappa shape index (κ1) is 79.5. The summed E-state index contributed by atoms with van der Waals surface area (Å²) in [4.78, 5) is 35.1. The van der Waals surface area contributed by atoms with Crippen LogP contribution in [-0.2, 0) is 56.6 Å². The molecule has 5 aromatic carbocycles. The molecule has 0 unspecified atom stereocenters. The van der Waals surface area contributed by atoms with Gasteiger partial charge >= 0.3 is 0 Å². The Morgan fingerprint density at radius 1 is 0.418 bits per heavy atom. The number of hydrogen-bond donors (Lipinski definition) is 0. The van der Waals surface area contributed by atoms with Crippen LogP contribution in [0.2, 0.25) is 13.1 Å². The molecule has 17 rings (SSSR count). The van der Waals surface area contributed by atoms with Crippen LogP contribution in [0.5, 0.6) is 5.88 Å². The summed E-state index contributed by atoms with van der Waals surface area (Å²) in [5, 5.41) is 4.99. The number of nitrogens with zero attached hydrogens (tertiary/aromatic N) is 15. The third-order valence-corrected chi connectivity index (χ3v) is 25.0. The van der Waals surface area contributed by atoms with Crippen LogP contribution in [0.1, 0.15) is 228 Å². The van der Waals surface area contributed by atoms with E-state index in [0.717, 1.165) is 76.2 Å². The van der Waals surface area contributed by atoms with E-state index in [1.165, 1.54) is 114 Å². The van der Waals surface area contributed by atoms with Gasteiger partial charge < -0.3 is 41.1 Å². The van der Waals surface area contributed by atoms with Gasteiger partial charge in [0.25, 0.3) is 0 Å². The predicted octanol–water partition coefficient (Wildman–Crippen LogP) is 21.0. The van der Waals surface area contributed by atoms with Gasteiger partial charge in [0.2, 0.25) is 14.2 Å². The van der Waals surface area contributed by atoms with E-state index in [4.69, 9.17) is 9.16 Å². The molecule has 0 atom stereocenters. The number of aromatic nitrogens is 15. The van der Waals surface area contributed by atoms with Crippen LogP contribution < -0.4 is 9.92 Å². The lowest BCUT2D eigenvalue weighted by atomic mass is 9.80. The van der Waals surface area contributed by atoms with Crippen molar-refractivity contribution in [3.05, 3.63) is 261 Å². The van der Waals surface area contributed by atoms with Crippen molar-refractivity contribution in [1.29, 1.82) is 0 Å². The summed E-state index contributed by atoms with van der Waals surface area (Å²) in [6.07, 6.45) is 32.5. The summed E-state index contributed by atoms with van der Waals surface area (Å²) in [5.74, 6) is 3.85. The molecule has 17 nitrogen and oxygen atoms in total. The highest BCUT2D eigenvalue weighted by molar-refractivity contribution is 7.17. The Morgan fingerprint density at radius 3 is 1.26 bits per heavy atom. The number of rotatable bonds is 15. The Kier molecular flexibility index (Phi) is 24.6. The van der Waals surface area contributed by atoms with Gasteiger partial charge in [0.15, 0.2) is 0 Å². The van der Waals surface area contributed by atoms with Crippen LogP contribution >= 0.6 is 11.3 Å². The van der Waals surface area contributed by atoms with Crippen molar-refractivity contribution in [3.63, 3.8) is 0 Å². The fraction of sp³-hybridized carbons (Fsp3) is 0.385. The molecule has 574 valence electrons. The lowest BCUT2D eigenvalue weighted by molar-refractivity contribution is 0.318. The summed E-state index contributed by atoms with van der Waals surface area (Å²) in [6, 6.07) is 28.6. The zero-order chi connectivity index (χ0) is 78.6. The lowest BCUT2D eigenvalue weighted by Crippen LogP contribution is -2.42. The molecule has 9 aromatic heterocycles. The van der Waals surface area contributed by atoms with Gasteiger partial charge in [0.05, 0.1) is 114 Å². The highest BCUT2D eigenvalue weighted by atomic mass is 32.1. The molecule has 0 spiro atoms. The molecule has 3 aliphatic rings. The highest BCUT2D eigenvalue weighted by Crippen LogP contribution is 2.39. The van der Waals surface area contributed by atoms with E-state index in [1.807, 2.05) is 88.6 Å². The quantitative estimate of drug-likeness (QED) is 0.0905. The second kappa shape index (κ2) is 34.0. The third-order valence-electron chi connectivity index (χ3n) is 21.4. The first-order valence-corrected chi connectivity index (χ1v) is 43.1. The highest BCUT2D eigenvalue weighted by Gasteiger charge is 2.39. The molecule has 1 aliphatic heterocycles. The minimum absolute atomic E-state index is 0.391. The van der Waals surface area contributed by atoms with E-state index in [1.54, 1.807) is 35.9 Å². The Morgan fingerprint density at radius 2 is 0.818 bits per heavy atom. The summed E-state index contributed by atoms with van der Waals surface area (Å²) in [5.41, 5.74) is 31.7. The van der Waals surface area contributed by atoms with Gasteiger partial charge in [0.1, 0.15) is 11.2 Å². The van der Waals surface area contributed by atoms with E-state index in [-0.39, 0.29) is 0 Å². The SMILES string of the molecule is CCc1cn(-c2ccc(C(C)C)c3c2CC3)cn1.CCc1cn(-c2ccc(C(C)C)c3c2ncn3C)cn1.COc1nc(C(C)C)ccc1-n1cnc(C)c1.Cc1cn(-c2ccc(C(C)C)c3c2CC3)cn1.Cc1cn(-c2ccc(C(C)C)c3c2[Si](C)(C)OC3)cn1.Cc1cn(-c2ccc(C(C)C)c3ccsc23)cn1. The average molecular weight is 1510 g/mol. The molecule has 0 bridgehead atoms. The lowest BCUT2D eigenvalue weighted by Gasteiger charge is -2.27. The second-order valence-corrected chi connectivity index (χ2v) is 36.5. The monoisotopic (exact) mass is 1510 g/mol. The summed E-state index contributed by atoms with van der Waals surface area (Å²) in [7, 11) is 1.89. The zero-order valence-electron chi connectivity index (χ0n) is 68.9. The van der Waals surface area contributed by atoms with Gasteiger partial charge in [-0.1, -0.05) is 127 Å². The van der Waals surface area contributed by atoms with Crippen LogP contribution in [0.4, 0.5) is 0 Å². The maximum absolute atomic E-state index is 6.18. The number of fused-ring (bicyclic) bond motifs is 5. The molecule has 14 aromatic rings. The van der Waals surface area contributed by atoms with Gasteiger partial charge in [-0.05, 0) is 235 Å². The maximum atomic E-state index is 6.18. The summed E-state index contributed by atoms with van der Waals surface area (Å²) in [6.45, 7) is 44.4. The van der Waals surface area contributed by atoms with E-state index in [0.29, 0.717) is 41.4 Å². The molecule has 19 heteroatoms. The number of thiophene rings is 1. The second-order valence-electron chi connectivity index (χ2n) is 31.8. The van der Waals surface area contributed by atoms with Gasteiger partial charge in [-0.15, -0.1) is 11.3 Å². The number of aryl methyl sites for hydroxylation is 7. The third kappa shape index (κ3) is 17.0. The molecular weight excluding hydrogens is 1400 g/mol. The standard InChI is InChI=1S/C16H20N4.C16H22N2OSi.C16H20N2.C15H16N2S.C15H18N2.C13H17N3O/c1-5-12-8-20(10-17-12)14-7-6-13(11(2)3)16-15(14)18-9-19(16)4;1-11(2)13-6-7-15(18-8-12(3)17-10-18)16-14(13)9-19-20(16,4)5;1-4-12-9-18(10-17-12)16-8-7-13(11(2)3)14-5-6-15(14)16;1-10(2)12-4-5-14(15-13(12)6-7-18-15)17-8-11(3)16-9-17;1-10(2)12-6-7-15(14-5-4-13(12)14)17-8-11(3)16-9-17;1-9(2)11-5-6-12(13(15-11)17-4)16-7-10(3)14-8-16/h6-11H,5H2,1-4H3;6-8,10-11H,9H2,1-5H3;7-11H,4-6H2,1-3H3;4-10H,1-3H3;6-10H,4-5H2,1-3H3;5-9H,1-4H3. The van der Waals surface area contributed by atoms with Gasteiger partial charge in [-0.3, -0.25) is 0 Å². The fourth-order valence-electron chi connectivity index (χ4n) is 15.2. The van der Waals surface area contributed by atoms with Crippen LogP contribution in [0.3, 0.4) is 0 Å². The van der Waals surface area contributed by atoms with Crippen molar-refractivity contribution in [1.82, 2.24) is 71.8 Å². The van der Waals surface area contributed by atoms with Crippen molar-refractivity contribution in [3.8, 4) is 40.0 Å². The number of benzene rings is 5. The van der Waals surface area contributed by atoms with Crippen molar-refractivity contribution in [2.24, 2.45) is 7.05 Å². The molecule has 10 heterocycles. The van der Waals surface area contributed by atoms with E-state index < -0.39 is 8.32 Å². The van der Waals surface area contributed by atoms with Crippen molar-refractivity contribution in [2.75, 3.05) is 7.11 Å². The molecule has 0 radical (unpaired) electrons. The molecule has 0 amide bonds. The predicted molar refractivity (Wildman–Crippen MR) is 454 cm³/mol. The smallest absolute Gasteiger partial charge is 0.238 e. The van der Waals surface area contributed by atoms with Gasteiger partial charge in [0, 0.05) is 67.0 Å². The normalized spacial score (nSPS) is 13.1. The van der Waals surface area contributed by atoms with E-state index in [9.17, 15) is 0 Å². The van der Waals surface area contributed by atoms with Gasteiger partial charge in [-0.2, -0.15) is 0 Å². The zero-order valence-corrected chi connectivity index (χ0v) is 70.8. The van der Waals surface area contributed by atoms with E-state index in [2.05, 4.69) is 287 Å². The molecule has 0 fully saturated rings. The summed E-state index contributed by atoms with van der Waals surface area (Å²) < 4.78 is 27.5. The Bertz CT molecular complexity index is 5500. The Hall–Kier alpha value is -10.1. The first-order chi connectivity index (χ1) is 52.7. The van der Waals surface area contributed by atoms with Crippen LogP contribution in [0.15, 0.2) is 166 Å². The Labute approximate surface area is 656 Å². The first-order valence-electron chi connectivity index (χ1n) is 39.4. The number of methoxy groups -OCH3 is 1. The minimum Gasteiger partial charge on any atom is -0.479 e. The molecule has 2 aliphatic carbocycles. The number of hydrogen-bond acceptors (Lipinski definition) is 11. The minimum atomic E-state index is -1.80. The van der Waals surface area contributed by atoms with Crippen molar-refractivity contribution < 1.29 is 9.16 Å². The molecule has 0 saturated heterocycles. The average Bonchev–Trinajstić information content (AvgIpc) is 1.38. The molecule has 0 saturated carbocycles. The van der Waals surface area contributed by atoms with Crippen molar-refractivity contribution >= 4 is 46.0 Å². The topological polar surface area (TPSA) is 156 Å². The van der Waals surface area contributed by atoms with Gasteiger partial charge in [-0.25, -0.2) is 39.9 Å². The van der Waals surface area contributed by atoms with Crippen molar-refractivity contribution in [2.45, 2.75) is 218 Å². The Balaban J connectivity index is 0.000000123. The van der Waals surface area contributed by atoms with Crippen LogP contribution in [0.25, 0.3) is 55.2 Å². The fourth-order valence-corrected chi connectivity index (χ4v) is 18.6. The number of pyridine rings is 1. The van der Waals surface area contributed by atoms with E-state index >= 15 is 0 Å². The van der Waals surface area contributed by atoms with Crippen LogP contribution in [-0.4, -0.2) is 87.3 Å². The number of ether oxygens (including phenoxy) is 1. The maximum Gasteiger partial charge on any atom is 0.238 e. The number of imidazole rings is 7. The molecule has 110 heavy (non-hydrogen) atoms. The molecular formula is C91H113N15O2SSi. The largest absolute Gasteiger partial charge is 0.479 e. The molecule has 0 N–H and O–H groups in total.